The van der Waals surface area contributed by atoms with Gasteiger partial charge < -0.3 is 15.1 Å². The normalized spacial score (nSPS) is 18.5. The van der Waals surface area contributed by atoms with Gasteiger partial charge in [0.1, 0.15) is 11.0 Å². The smallest absolute Gasteiger partial charge is 0.345 e. The number of nitrogens with zero attached hydrogens (tertiary/aromatic N) is 1. The first-order chi connectivity index (χ1) is 14.8. The van der Waals surface area contributed by atoms with E-state index < -0.39 is 18.0 Å². The van der Waals surface area contributed by atoms with Crippen LogP contribution in [0.2, 0.25) is 0 Å². The molecule has 1 aliphatic rings. The maximum absolute atomic E-state index is 14.5. The molecule has 1 amide bonds. The van der Waals surface area contributed by atoms with Crippen LogP contribution in [-0.4, -0.2) is 45.7 Å². The van der Waals surface area contributed by atoms with Crippen molar-refractivity contribution in [3.8, 4) is 0 Å². The van der Waals surface area contributed by atoms with Gasteiger partial charge in [-0.1, -0.05) is 42.5 Å². The van der Waals surface area contributed by atoms with Crippen molar-refractivity contribution in [3.63, 3.8) is 0 Å². The number of hydrogen-bond donors (Lipinski definition) is 2. The number of aliphatic hydroxyl groups excluding tert-OH is 1. The molecule has 0 spiro atoms. The minimum absolute atomic E-state index is 0.0392. The number of alkyl halides is 2. The maximum atomic E-state index is 14.5. The van der Waals surface area contributed by atoms with E-state index >= 15 is 0 Å². The van der Waals surface area contributed by atoms with E-state index in [-0.39, 0.29) is 22.4 Å². The first-order valence-corrected chi connectivity index (χ1v) is 11.0. The summed E-state index contributed by atoms with van der Waals surface area (Å²) in [5.74, 6) is -4.43. The molecule has 31 heavy (non-hydrogen) atoms. The summed E-state index contributed by atoms with van der Waals surface area (Å²) in [6, 6.07) is 10.1. The molecule has 2 N–H and O–H groups in total. The van der Waals surface area contributed by atoms with Crippen molar-refractivity contribution in [1.29, 1.82) is 0 Å². The first-order valence-electron chi connectivity index (χ1n) is 10.2. The second-order valence-corrected chi connectivity index (χ2v) is 8.71. The van der Waals surface area contributed by atoms with E-state index in [1.54, 1.807) is 23.1 Å². The molecule has 1 aromatic heterocycles. The molecule has 2 aromatic rings. The number of thiophene rings is 1. The van der Waals surface area contributed by atoms with E-state index in [9.17, 15) is 23.5 Å². The Bertz CT molecular complexity index is 929. The van der Waals surface area contributed by atoms with E-state index in [2.05, 4.69) is 0 Å². The number of carbonyl (C=O) groups excluding carboxylic acids is 1. The number of carboxylic acid groups (broad SMARTS) is 1. The van der Waals surface area contributed by atoms with Crippen molar-refractivity contribution >= 4 is 23.2 Å². The molecule has 0 radical (unpaired) electrons. The monoisotopic (exact) mass is 449 g/mol. The van der Waals surface area contributed by atoms with Crippen LogP contribution in [0.4, 0.5) is 8.78 Å². The Hall–Kier alpha value is -2.58. The zero-order valence-electron chi connectivity index (χ0n) is 16.9. The summed E-state index contributed by atoms with van der Waals surface area (Å²) >= 11 is 1.21. The average molecular weight is 450 g/mol. The van der Waals surface area contributed by atoms with Gasteiger partial charge in [-0.05, 0) is 37.8 Å². The van der Waals surface area contributed by atoms with Gasteiger partial charge in [-0.2, -0.15) is 8.78 Å². The van der Waals surface area contributed by atoms with Crippen molar-refractivity contribution in [1.82, 2.24) is 4.90 Å². The summed E-state index contributed by atoms with van der Waals surface area (Å²) in [4.78, 5) is 26.3. The number of carboxylic acids is 1. The minimum Gasteiger partial charge on any atom is -0.477 e. The third-order valence-corrected chi connectivity index (χ3v) is 6.48. The summed E-state index contributed by atoms with van der Waals surface area (Å²) in [6.45, 7) is 0.444. The van der Waals surface area contributed by atoms with Gasteiger partial charge in [-0.3, -0.25) is 4.79 Å². The van der Waals surface area contributed by atoms with Gasteiger partial charge in [0.05, 0.1) is 6.04 Å². The quantitative estimate of drug-likeness (QED) is 0.554. The predicted octanol–water partition coefficient (Wildman–Crippen LogP) is 4.47. The number of rotatable bonds is 9. The number of benzene rings is 1. The Labute approximate surface area is 183 Å². The van der Waals surface area contributed by atoms with Gasteiger partial charge in [0.25, 0.3) is 0 Å². The number of hydrogen-bond acceptors (Lipinski definition) is 4. The highest BCUT2D eigenvalue weighted by molar-refractivity contribution is 7.13. The molecule has 2 heterocycles. The van der Waals surface area contributed by atoms with Gasteiger partial charge in [-0.15, -0.1) is 11.3 Å². The SMILES string of the molecule is O=C(O)c1ccc(CCCN2C(=O)CCCC2C=CC(O)C(F)(F)c2ccccc2)s1. The predicted molar refractivity (Wildman–Crippen MR) is 114 cm³/mol. The molecular formula is C23H25F2NO4S. The summed E-state index contributed by atoms with van der Waals surface area (Å²) < 4.78 is 29.0. The average Bonchev–Trinajstić information content (AvgIpc) is 3.23. The van der Waals surface area contributed by atoms with Gasteiger partial charge in [0.2, 0.25) is 5.91 Å². The summed E-state index contributed by atoms with van der Waals surface area (Å²) in [5.41, 5.74) is -0.264. The van der Waals surface area contributed by atoms with Crippen molar-refractivity contribution in [3.05, 3.63) is 69.9 Å². The van der Waals surface area contributed by atoms with Crippen molar-refractivity contribution in [2.45, 2.75) is 50.2 Å². The Kier molecular flexibility index (Phi) is 7.56. The minimum atomic E-state index is -3.43. The molecule has 166 valence electrons. The largest absolute Gasteiger partial charge is 0.477 e. The fourth-order valence-electron chi connectivity index (χ4n) is 3.67. The standard InChI is InChI=1S/C23H25F2NO4S/c24-23(25,16-6-2-1-3-7-16)20(27)14-11-17-8-4-10-21(28)26(17)15-5-9-18-12-13-19(31-18)22(29)30/h1-3,6-7,11-14,17,20,27H,4-5,8-10,15H2,(H,29,30). The summed E-state index contributed by atoms with van der Waals surface area (Å²) in [7, 11) is 0. The summed E-state index contributed by atoms with van der Waals surface area (Å²) in [5, 5.41) is 19.1. The molecule has 2 atom stereocenters. The number of aliphatic hydroxyl groups is 1. The number of carbonyl (C=O) groups is 2. The van der Waals surface area contributed by atoms with Gasteiger partial charge >= 0.3 is 11.9 Å². The fourth-order valence-corrected chi connectivity index (χ4v) is 4.56. The number of halogens is 2. The highest BCUT2D eigenvalue weighted by atomic mass is 32.1. The Balaban J connectivity index is 1.61. The molecule has 3 rings (SSSR count). The van der Waals surface area contributed by atoms with Gasteiger partial charge in [0, 0.05) is 23.4 Å². The molecular weight excluding hydrogens is 424 g/mol. The van der Waals surface area contributed by atoms with Crippen molar-refractivity contribution in [2.75, 3.05) is 6.54 Å². The summed E-state index contributed by atoms with van der Waals surface area (Å²) in [6.07, 6.45) is 3.60. The number of piperidine rings is 1. The van der Waals surface area contributed by atoms with E-state index in [1.807, 2.05) is 0 Å². The lowest BCUT2D eigenvalue weighted by molar-refractivity contribution is -0.135. The lowest BCUT2D eigenvalue weighted by Crippen LogP contribution is -2.43. The molecule has 1 aliphatic heterocycles. The van der Waals surface area contributed by atoms with Crippen LogP contribution in [0.1, 0.15) is 45.8 Å². The second kappa shape index (κ2) is 10.2. The highest BCUT2D eigenvalue weighted by Gasteiger charge is 2.39. The van der Waals surface area contributed by atoms with Crippen LogP contribution in [0.3, 0.4) is 0 Å². The Morgan fingerprint density at radius 2 is 2.00 bits per heavy atom. The van der Waals surface area contributed by atoms with Crippen LogP contribution in [0.25, 0.3) is 0 Å². The molecule has 1 aromatic carbocycles. The van der Waals surface area contributed by atoms with Crippen LogP contribution in [0, 0.1) is 0 Å². The Morgan fingerprint density at radius 1 is 1.26 bits per heavy atom. The van der Waals surface area contributed by atoms with E-state index in [4.69, 9.17) is 5.11 Å². The third-order valence-electron chi connectivity index (χ3n) is 5.35. The van der Waals surface area contributed by atoms with Crippen LogP contribution >= 0.6 is 11.3 Å². The maximum Gasteiger partial charge on any atom is 0.345 e. The molecule has 2 unspecified atom stereocenters. The third kappa shape index (κ3) is 5.77. The van der Waals surface area contributed by atoms with Crippen LogP contribution in [0.5, 0.6) is 0 Å². The number of aryl methyl sites for hydroxylation is 1. The molecule has 0 aliphatic carbocycles. The van der Waals surface area contributed by atoms with Gasteiger partial charge in [-0.25, -0.2) is 4.79 Å². The molecule has 0 saturated carbocycles. The topological polar surface area (TPSA) is 77.8 Å². The zero-order chi connectivity index (χ0) is 22.4. The Morgan fingerprint density at radius 3 is 2.68 bits per heavy atom. The van der Waals surface area contributed by atoms with Crippen LogP contribution in [-0.2, 0) is 17.1 Å². The molecule has 5 nitrogen and oxygen atoms in total. The van der Waals surface area contributed by atoms with E-state index in [0.717, 1.165) is 11.0 Å². The van der Waals surface area contributed by atoms with Crippen molar-refractivity contribution < 1.29 is 28.6 Å². The highest BCUT2D eigenvalue weighted by Crippen LogP contribution is 2.32. The molecule has 8 heteroatoms. The van der Waals surface area contributed by atoms with Crippen LogP contribution in [0.15, 0.2) is 54.6 Å². The van der Waals surface area contributed by atoms with Crippen molar-refractivity contribution in [2.24, 2.45) is 0 Å². The van der Waals surface area contributed by atoms with Gasteiger partial charge in [0.15, 0.2) is 0 Å². The molecule has 1 fully saturated rings. The number of aromatic carboxylic acids is 1. The fraction of sp³-hybridized carbons (Fsp3) is 0.391. The molecule has 0 bridgehead atoms. The second-order valence-electron chi connectivity index (χ2n) is 7.54. The zero-order valence-corrected chi connectivity index (χ0v) is 17.7. The van der Waals surface area contributed by atoms with E-state index in [0.29, 0.717) is 38.6 Å². The number of likely N-dealkylation sites (tertiary alicyclic amines) is 1. The molecule has 1 saturated heterocycles. The van der Waals surface area contributed by atoms with E-state index in [1.165, 1.54) is 41.7 Å². The lowest BCUT2D eigenvalue weighted by Gasteiger charge is -2.34. The lowest BCUT2D eigenvalue weighted by atomic mass is 9.98. The van der Waals surface area contributed by atoms with Crippen LogP contribution < -0.4 is 0 Å². The first kappa shape index (κ1) is 23.1. The number of amides is 1.